The fourth-order valence-electron chi connectivity index (χ4n) is 3.14. The summed E-state index contributed by atoms with van der Waals surface area (Å²) in [7, 11) is 0. The number of nitrogens with zero attached hydrogens (tertiary/aromatic N) is 3. The molecule has 1 saturated heterocycles. The van der Waals surface area contributed by atoms with Crippen LogP contribution in [0.2, 0.25) is 0 Å². The summed E-state index contributed by atoms with van der Waals surface area (Å²) in [5, 5.41) is 9.64. The van der Waals surface area contributed by atoms with E-state index in [1.54, 1.807) is 17.4 Å². The summed E-state index contributed by atoms with van der Waals surface area (Å²) in [5.74, 6) is -1.03. The molecule has 2 heterocycles. The van der Waals surface area contributed by atoms with Gasteiger partial charge in [0.15, 0.2) is 22.7 Å². The average molecular weight is 408 g/mol. The largest absolute Gasteiger partial charge is 0.357 e. The van der Waals surface area contributed by atoms with Gasteiger partial charge in [0.1, 0.15) is 0 Å². The predicted octanol–water partition coefficient (Wildman–Crippen LogP) is 3.88. The van der Waals surface area contributed by atoms with Gasteiger partial charge in [-0.25, -0.2) is 13.8 Å². The molecule has 0 saturated carbocycles. The second-order valence-corrected chi connectivity index (χ2v) is 7.70. The highest BCUT2D eigenvalue weighted by Gasteiger charge is 2.15. The summed E-state index contributed by atoms with van der Waals surface area (Å²) in [6.45, 7) is 7.39. The van der Waals surface area contributed by atoms with Crippen LogP contribution in [0.5, 0.6) is 0 Å². The van der Waals surface area contributed by atoms with E-state index in [-0.39, 0.29) is 6.04 Å². The van der Waals surface area contributed by atoms with Gasteiger partial charge in [0, 0.05) is 38.0 Å². The standard InChI is InChI=1S/C20H27F2N5S/c1-3-23-19(25-14(2)15-6-7-17(21)18(22)12-15)24-9-8-16-13-28-20(26-16)27-10-4-5-11-27/h6-7,12-14H,3-5,8-11H2,1-2H3,(H2,23,24,25). The highest BCUT2D eigenvalue weighted by Crippen LogP contribution is 2.24. The molecule has 1 unspecified atom stereocenters. The monoisotopic (exact) mass is 407 g/mol. The number of halogens is 2. The zero-order chi connectivity index (χ0) is 19.9. The lowest BCUT2D eigenvalue weighted by atomic mass is 10.1. The van der Waals surface area contributed by atoms with Gasteiger partial charge in [-0.05, 0) is 44.4 Å². The van der Waals surface area contributed by atoms with Crippen molar-refractivity contribution in [2.24, 2.45) is 4.99 Å². The quantitative estimate of drug-likeness (QED) is 0.540. The maximum absolute atomic E-state index is 13.5. The van der Waals surface area contributed by atoms with Crippen LogP contribution < -0.4 is 15.5 Å². The molecule has 1 aliphatic heterocycles. The van der Waals surface area contributed by atoms with Crippen molar-refractivity contribution >= 4 is 22.4 Å². The molecule has 0 bridgehead atoms. The number of hydrogen-bond acceptors (Lipinski definition) is 4. The Kier molecular flexibility index (Phi) is 7.19. The lowest BCUT2D eigenvalue weighted by Crippen LogP contribution is -2.39. The van der Waals surface area contributed by atoms with Crippen LogP contribution in [0.25, 0.3) is 0 Å². The Morgan fingerprint density at radius 1 is 1.29 bits per heavy atom. The molecule has 2 aromatic rings. The molecule has 0 aliphatic carbocycles. The number of aliphatic imine (C=N–C) groups is 1. The number of rotatable bonds is 7. The molecule has 1 aliphatic rings. The van der Waals surface area contributed by atoms with E-state index in [9.17, 15) is 8.78 Å². The molecular formula is C20H27F2N5S. The van der Waals surface area contributed by atoms with E-state index in [0.29, 0.717) is 24.6 Å². The van der Waals surface area contributed by atoms with Gasteiger partial charge < -0.3 is 15.5 Å². The minimum absolute atomic E-state index is 0.200. The molecule has 5 nitrogen and oxygen atoms in total. The van der Waals surface area contributed by atoms with Crippen molar-refractivity contribution in [1.82, 2.24) is 15.6 Å². The Hall–Kier alpha value is -2.22. The van der Waals surface area contributed by atoms with Crippen molar-refractivity contribution in [3.63, 3.8) is 0 Å². The number of anilines is 1. The van der Waals surface area contributed by atoms with E-state index < -0.39 is 11.6 Å². The fourth-order valence-corrected chi connectivity index (χ4v) is 4.05. The number of aromatic nitrogens is 1. The van der Waals surface area contributed by atoms with Crippen LogP contribution in [0.1, 0.15) is 44.0 Å². The van der Waals surface area contributed by atoms with Gasteiger partial charge in [-0.1, -0.05) is 6.07 Å². The van der Waals surface area contributed by atoms with E-state index in [1.165, 1.54) is 18.9 Å². The van der Waals surface area contributed by atoms with Crippen LogP contribution in [0.3, 0.4) is 0 Å². The molecule has 0 radical (unpaired) electrons. The first kappa shape index (κ1) is 20.5. The maximum atomic E-state index is 13.5. The van der Waals surface area contributed by atoms with Crippen LogP contribution >= 0.6 is 11.3 Å². The Balaban J connectivity index is 1.56. The average Bonchev–Trinajstić information content (AvgIpc) is 3.35. The van der Waals surface area contributed by atoms with Crippen LogP contribution in [0.4, 0.5) is 13.9 Å². The molecule has 3 rings (SSSR count). The molecule has 28 heavy (non-hydrogen) atoms. The molecule has 1 fully saturated rings. The first-order valence-electron chi connectivity index (χ1n) is 9.76. The summed E-state index contributed by atoms with van der Waals surface area (Å²) >= 11 is 1.70. The minimum atomic E-state index is -0.842. The van der Waals surface area contributed by atoms with E-state index in [2.05, 4.69) is 25.9 Å². The van der Waals surface area contributed by atoms with Crippen LogP contribution in [-0.2, 0) is 6.42 Å². The predicted molar refractivity (Wildman–Crippen MR) is 111 cm³/mol. The van der Waals surface area contributed by atoms with Gasteiger partial charge in [0.2, 0.25) is 0 Å². The van der Waals surface area contributed by atoms with Crippen molar-refractivity contribution in [3.8, 4) is 0 Å². The SMILES string of the molecule is CCNC(=NCCc1csc(N2CCCC2)n1)NC(C)c1ccc(F)c(F)c1. The molecule has 1 atom stereocenters. The Morgan fingerprint density at radius 2 is 2.07 bits per heavy atom. The lowest BCUT2D eigenvalue weighted by molar-refractivity contribution is 0.504. The Morgan fingerprint density at radius 3 is 2.79 bits per heavy atom. The maximum Gasteiger partial charge on any atom is 0.191 e. The van der Waals surface area contributed by atoms with Crippen molar-refractivity contribution in [3.05, 3.63) is 46.5 Å². The van der Waals surface area contributed by atoms with Gasteiger partial charge >= 0.3 is 0 Å². The third-order valence-corrected chi connectivity index (χ3v) is 5.65. The van der Waals surface area contributed by atoms with Gasteiger partial charge in [-0.15, -0.1) is 11.3 Å². The van der Waals surface area contributed by atoms with Crippen molar-refractivity contribution in [1.29, 1.82) is 0 Å². The topological polar surface area (TPSA) is 52.6 Å². The van der Waals surface area contributed by atoms with E-state index in [1.807, 2.05) is 13.8 Å². The minimum Gasteiger partial charge on any atom is -0.357 e. The lowest BCUT2D eigenvalue weighted by Gasteiger charge is -2.18. The van der Waals surface area contributed by atoms with Gasteiger partial charge in [0.05, 0.1) is 11.7 Å². The normalized spacial score (nSPS) is 15.7. The molecule has 0 amide bonds. The van der Waals surface area contributed by atoms with Gasteiger partial charge in [-0.2, -0.15) is 0 Å². The highest BCUT2D eigenvalue weighted by atomic mass is 32.1. The third kappa shape index (κ3) is 5.41. The number of thiazole rings is 1. The second-order valence-electron chi connectivity index (χ2n) is 6.87. The summed E-state index contributed by atoms with van der Waals surface area (Å²) in [6.07, 6.45) is 3.25. The van der Waals surface area contributed by atoms with Crippen LogP contribution in [-0.4, -0.2) is 37.1 Å². The van der Waals surface area contributed by atoms with Gasteiger partial charge in [-0.3, -0.25) is 4.99 Å². The van der Waals surface area contributed by atoms with Crippen LogP contribution in [0, 0.1) is 11.6 Å². The first-order valence-corrected chi connectivity index (χ1v) is 10.6. The van der Waals surface area contributed by atoms with Crippen molar-refractivity contribution < 1.29 is 8.78 Å². The molecule has 8 heteroatoms. The Bertz CT molecular complexity index is 802. The van der Waals surface area contributed by atoms with E-state index in [4.69, 9.17) is 4.98 Å². The molecule has 1 aromatic carbocycles. The van der Waals surface area contributed by atoms with Crippen LogP contribution in [0.15, 0.2) is 28.6 Å². The zero-order valence-electron chi connectivity index (χ0n) is 16.3. The second kappa shape index (κ2) is 9.82. The first-order chi connectivity index (χ1) is 13.6. The fraction of sp³-hybridized carbons (Fsp3) is 0.500. The molecule has 1 aromatic heterocycles. The smallest absolute Gasteiger partial charge is 0.191 e. The van der Waals surface area contributed by atoms with Crippen molar-refractivity contribution in [2.75, 3.05) is 31.1 Å². The Labute approximate surface area is 168 Å². The molecule has 0 spiro atoms. The highest BCUT2D eigenvalue weighted by molar-refractivity contribution is 7.13. The van der Waals surface area contributed by atoms with E-state index >= 15 is 0 Å². The number of guanidine groups is 1. The number of hydrogen-bond donors (Lipinski definition) is 2. The molecule has 2 N–H and O–H groups in total. The molecule has 152 valence electrons. The summed E-state index contributed by atoms with van der Waals surface area (Å²) in [6, 6.07) is 3.74. The summed E-state index contributed by atoms with van der Waals surface area (Å²) in [5.41, 5.74) is 1.72. The van der Waals surface area contributed by atoms with Gasteiger partial charge in [0.25, 0.3) is 0 Å². The van der Waals surface area contributed by atoms with Crippen molar-refractivity contribution in [2.45, 2.75) is 39.2 Å². The summed E-state index contributed by atoms with van der Waals surface area (Å²) < 4.78 is 26.6. The number of benzene rings is 1. The zero-order valence-corrected chi connectivity index (χ0v) is 17.2. The number of nitrogens with one attached hydrogen (secondary N) is 2. The van der Waals surface area contributed by atoms with E-state index in [0.717, 1.165) is 36.4 Å². The third-order valence-electron chi connectivity index (χ3n) is 4.70. The summed E-state index contributed by atoms with van der Waals surface area (Å²) in [4.78, 5) is 11.7. The molecular weight excluding hydrogens is 380 g/mol.